The van der Waals surface area contributed by atoms with Crippen LogP contribution in [0.5, 0.6) is 0 Å². The van der Waals surface area contributed by atoms with E-state index in [-0.39, 0.29) is 0 Å². The van der Waals surface area contributed by atoms with E-state index in [0.717, 1.165) is 16.0 Å². The number of amides is 1. The normalized spacial score (nSPS) is 13.7. The Morgan fingerprint density at radius 1 is 1.40 bits per heavy atom. The molecular formula is C17H15N3O4S. The Bertz CT molecular complexity index is 991. The van der Waals surface area contributed by atoms with Crippen LogP contribution in [0.2, 0.25) is 0 Å². The minimum absolute atomic E-state index is 0.398. The number of H-pyrrole nitrogens is 1. The number of aromatic amines is 1. The van der Waals surface area contributed by atoms with E-state index < -0.39 is 12.1 Å². The summed E-state index contributed by atoms with van der Waals surface area (Å²) >= 11 is 1.61. The lowest BCUT2D eigenvalue weighted by molar-refractivity contribution is 0.0602. The molecule has 1 amide bonds. The van der Waals surface area contributed by atoms with E-state index in [9.17, 15) is 9.59 Å². The van der Waals surface area contributed by atoms with Gasteiger partial charge in [-0.05, 0) is 30.2 Å². The fourth-order valence-electron chi connectivity index (χ4n) is 3.04. The van der Waals surface area contributed by atoms with Crippen molar-refractivity contribution in [3.8, 4) is 10.7 Å². The third-order valence-corrected chi connectivity index (χ3v) is 5.53. The maximum Gasteiger partial charge on any atom is 0.407 e. The second kappa shape index (κ2) is 5.89. The number of nitrogens with zero attached hydrogens (tertiary/aromatic N) is 2. The van der Waals surface area contributed by atoms with Gasteiger partial charge >= 0.3 is 12.1 Å². The fourth-order valence-corrected chi connectivity index (χ4v) is 4.14. The van der Waals surface area contributed by atoms with Crippen molar-refractivity contribution in [1.82, 2.24) is 14.9 Å². The van der Waals surface area contributed by atoms with E-state index in [0.29, 0.717) is 36.4 Å². The average Bonchev–Trinajstić information content (AvgIpc) is 3.23. The van der Waals surface area contributed by atoms with E-state index in [1.807, 2.05) is 12.1 Å². The topological polar surface area (TPSA) is 95.5 Å². The van der Waals surface area contributed by atoms with Gasteiger partial charge in [0.2, 0.25) is 0 Å². The van der Waals surface area contributed by atoms with Crippen molar-refractivity contribution in [2.24, 2.45) is 0 Å². The number of carbonyl (C=O) groups is 2. The second-order valence-electron chi connectivity index (χ2n) is 5.79. The molecule has 0 atom stereocenters. The van der Waals surface area contributed by atoms with Crippen molar-refractivity contribution in [2.75, 3.05) is 13.7 Å². The molecule has 128 valence electrons. The summed E-state index contributed by atoms with van der Waals surface area (Å²) in [6.45, 7) is 0.906. The van der Waals surface area contributed by atoms with Crippen molar-refractivity contribution in [3.63, 3.8) is 0 Å². The molecule has 0 saturated heterocycles. The molecule has 0 fully saturated rings. The molecule has 0 unspecified atom stereocenters. The molecule has 1 aromatic carbocycles. The van der Waals surface area contributed by atoms with E-state index >= 15 is 0 Å². The van der Waals surface area contributed by atoms with E-state index in [4.69, 9.17) is 9.84 Å². The molecule has 8 heteroatoms. The Hall–Kier alpha value is -2.87. The van der Waals surface area contributed by atoms with Crippen LogP contribution >= 0.6 is 11.3 Å². The number of ether oxygens (including phenoxy) is 1. The number of hydrogen-bond acceptors (Lipinski definition) is 5. The molecule has 25 heavy (non-hydrogen) atoms. The number of methoxy groups -OCH3 is 1. The number of nitrogens with one attached hydrogen (secondary N) is 1. The molecule has 1 aliphatic heterocycles. The Labute approximate surface area is 146 Å². The van der Waals surface area contributed by atoms with Gasteiger partial charge in [0.05, 0.1) is 29.6 Å². The number of benzene rings is 1. The highest BCUT2D eigenvalue weighted by Gasteiger charge is 2.23. The van der Waals surface area contributed by atoms with Crippen LogP contribution in [0.1, 0.15) is 20.8 Å². The fraction of sp³-hybridized carbons (Fsp3) is 0.235. The van der Waals surface area contributed by atoms with Gasteiger partial charge in [0.15, 0.2) is 0 Å². The zero-order chi connectivity index (χ0) is 17.6. The van der Waals surface area contributed by atoms with Crippen molar-refractivity contribution >= 4 is 34.4 Å². The number of fused-ring (bicyclic) bond motifs is 2. The largest absolute Gasteiger partial charge is 0.465 e. The van der Waals surface area contributed by atoms with Crippen LogP contribution in [-0.2, 0) is 17.7 Å². The monoisotopic (exact) mass is 357 g/mol. The van der Waals surface area contributed by atoms with Crippen molar-refractivity contribution < 1.29 is 19.4 Å². The molecular weight excluding hydrogens is 342 g/mol. The smallest absolute Gasteiger partial charge is 0.407 e. The number of para-hydroxylation sites is 1. The molecule has 3 aromatic rings. The van der Waals surface area contributed by atoms with Gasteiger partial charge in [0.25, 0.3) is 0 Å². The molecule has 0 spiro atoms. The third kappa shape index (κ3) is 2.64. The number of rotatable bonds is 2. The summed E-state index contributed by atoms with van der Waals surface area (Å²) in [6, 6.07) is 7.30. The Morgan fingerprint density at radius 2 is 2.24 bits per heavy atom. The number of esters is 1. The molecule has 0 saturated carbocycles. The predicted molar refractivity (Wildman–Crippen MR) is 92.9 cm³/mol. The van der Waals surface area contributed by atoms with Crippen molar-refractivity contribution in [2.45, 2.75) is 13.0 Å². The number of carbonyl (C=O) groups excluding carboxylic acids is 1. The summed E-state index contributed by atoms with van der Waals surface area (Å²) < 4.78 is 4.81. The Balaban J connectivity index is 1.74. The van der Waals surface area contributed by atoms with E-state index in [1.165, 1.54) is 16.9 Å². The highest BCUT2D eigenvalue weighted by atomic mass is 32.1. The van der Waals surface area contributed by atoms with Crippen LogP contribution in [0.25, 0.3) is 21.7 Å². The first-order valence-electron chi connectivity index (χ1n) is 7.73. The molecule has 2 N–H and O–H groups in total. The van der Waals surface area contributed by atoms with Gasteiger partial charge < -0.3 is 19.7 Å². The maximum atomic E-state index is 11.9. The van der Waals surface area contributed by atoms with Crippen molar-refractivity contribution in [1.29, 1.82) is 0 Å². The third-order valence-electron chi connectivity index (χ3n) is 4.29. The lowest BCUT2D eigenvalue weighted by Gasteiger charge is -2.23. The van der Waals surface area contributed by atoms with Gasteiger partial charge in [-0.3, -0.25) is 0 Å². The molecule has 0 radical (unpaired) electrons. The lowest BCUT2D eigenvalue weighted by Crippen LogP contribution is -2.33. The number of aromatic nitrogens is 2. The predicted octanol–water partition coefficient (Wildman–Crippen LogP) is 3.11. The molecule has 1 aliphatic rings. The summed E-state index contributed by atoms with van der Waals surface area (Å²) in [4.78, 5) is 34.4. The van der Waals surface area contributed by atoms with Crippen LogP contribution in [0.15, 0.2) is 24.3 Å². The van der Waals surface area contributed by atoms with E-state index in [2.05, 4.69) is 9.97 Å². The number of hydrogen-bond donors (Lipinski definition) is 2. The minimum atomic E-state index is -0.898. The summed E-state index contributed by atoms with van der Waals surface area (Å²) in [5.41, 5.74) is 2.77. The first-order chi connectivity index (χ1) is 12.1. The lowest BCUT2D eigenvalue weighted by atomic mass is 10.1. The standard InChI is InChI=1S/C17H15N3O4S/c1-24-16(21)10-3-2-4-11-14(10)19-15(18-11)13-7-9-8-20(17(22)23)6-5-12(9)25-13/h2-4,7H,5-6,8H2,1H3,(H,18,19)(H,22,23). The highest BCUT2D eigenvalue weighted by Crippen LogP contribution is 2.34. The minimum Gasteiger partial charge on any atom is -0.465 e. The first kappa shape index (κ1) is 15.6. The zero-order valence-electron chi connectivity index (χ0n) is 13.4. The highest BCUT2D eigenvalue weighted by molar-refractivity contribution is 7.15. The van der Waals surface area contributed by atoms with Crippen LogP contribution in [-0.4, -0.2) is 45.7 Å². The maximum absolute atomic E-state index is 11.9. The van der Waals surface area contributed by atoms with Gasteiger partial charge in [0, 0.05) is 11.4 Å². The first-order valence-corrected chi connectivity index (χ1v) is 8.55. The SMILES string of the molecule is COC(=O)c1cccc2[nH]c(-c3cc4c(s3)CCN(C(=O)O)C4)nc12. The second-order valence-corrected chi connectivity index (χ2v) is 6.93. The van der Waals surface area contributed by atoms with E-state index in [1.54, 1.807) is 23.5 Å². The Morgan fingerprint density at radius 3 is 3.00 bits per heavy atom. The summed E-state index contributed by atoms with van der Waals surface area (Å²) in [7, 11) is 1.34. The summed E-state index contributed by atoms with van der Waals surface area (Å²) in [6.07, 6.45) is -0.190. The van der Waals surface area contributed by atoms with Gasteiger partial charge in [-0.25, -0.2) is 14.6 Å². The number of carboxylic acid groups (broad SMARTS) is 1. The molecule has 7 nitrogen and oxygen atoms in total. The van der Waals surface area contributed by atoms with Crippen LogP contribution in [0, 0.1) is 0 Å². The molecule has 4 rings (SSSR count). The van der Waals surface area contributed by atoms with Crippen LogP contribution < -0.4 is 0 Å². The van der Waals surface area contributed by atoms with Crippen molar-refractivity contribution in [3.05, 3.63) is 40.3 Å². The van der Waals surface area contributed by atoms with Gasteiger partial charge in [0.1, 0.15) is 11.3 Å². The summed E-state index contributed by atoms with van der Waals surface area (Å²) in [5, 5.41) is 9.16. The summed E-state index contributed by atoms with van der Waals surface area (Å²) in [5.74, 6) is 0.249. The van der Waals surface area contributed by atoms with Gasteiger partial charge in [-0.2, -0.15) is 0 Å². The average molecular weight is 357 g/mol. The van der Waals surface area contributed by atoms with Gasteiger partial charge in [-0.15, -0.1) is 11.3 Å². The molecule has 0 bridgehead atoms. The van der Waals surface area contributed by atoms with Crippen LogP contribution in [0.4, 0.5) is 4.79 Å². The molecule has 3 heterocycles. The van der Waals surface area contributed by atoms with Gasteiger partial charge in [-0.1, -0.05) is 6.07 Å². The number of imidazole rings is 1. The zero-order valence-corrected chi connectivity index (χ0v) is 14.2. The quantitative estimate of drug-likeness (QED) is 0.687. The molecule has 0 aliphatic carbocycles. The Kier molecular flexibility index (Phi) is 3.69. The van der Waals surface area contributed by atoms with Crippen LogP contribution in [0.3, 0.4) is 0 Å². The number of thiophene rings is 1. The molecule has 2 aromatic heterocycles.